The number of ether oxygens (including phenoxy) is 2. The number of methoxy groups -OCH3 is 1. The Bertz CT molecular complexity index is 269. The lowest BCUT2D eigenvalue weighted by Crippen LogP contribution is -2.36. The predicted octanol–water partition coefficient (Wildman–Crippen LogP) is 4.49. The van der Waals surface area contributed by atoms with Gasteiger partial charge in [-0.15, -0.1) is 0 Å². The van der Waals surface area contributed by atoms with E-state index in [2.05, 4.69) is 13.8 Å². The molecule has 0 saturated heterocycles. The van der Waals surface area contributed by atoms with Gasteiger partial charge >= 0.3 is 5.97 Å². The maximum atomic E-state index is 12.4. The highest BCUT2D eigenvalue weighted by molar-refractivity contribution is 5.76. The number of unbranched alkanes of at least 4 members (excludes halogenated alkanes) is 2. The molecule has 1 atom stereocenters. The van der Waals surface area contributed by atoms with E-state index in [1.54, 1.807) is 7.11 Å². The average molecular weight is 284 g/mol. The van der Waals surface area contributed by atoms with Gasteiger partial charge < -0.3 is 9.47 Å². The Balaban J connectivity index is 2.39. The lowest BCUT2D eigenvalue weighted by Gasteiger charge is -2.34. The van der Waals surface area contributed by atoms with Gasteiger partial charge in [-0.2, -0.15) is 0 Å². The van der Waals surface area contributed by atoms with Crippen LogP contribution in [0.3, 0.4) is 0 Å². The molecule has 0 radical (unpaired) electrons. The molecule has 1 unspecified atom stereocenters. The Morgan fingerprint density at radius 1 is 1.15 bits per heavy atom. The third-order valence-corrected chi connectivity index (χ3v) is 4.78. The number of esters is 1. The van der Waals surface area contributed by atoms with Crippen molar-refractivity contribution in [3.8, 4) is 0 Å². The van der Waals surface area contributed by atoms with Crippen molar-refractivity contribution in [3.63, 3.8) is 0 Å². The topological polar surface area (TPSA) is 35.5 Å². The summed E-state index contributed by atoms with van der Waals surface area (Å²) in [6.07, 6.45) is 11.1. The van der Waals surface area contributed by atoms with Crippen LogP contribution in [0.25, 0.3) is 0 Å². The molecule has 1 aliphatic rings. The number of rotatable bonds is 9. The van der Waals surface area contributed by atoms with Crippen molar-refractivity contribution < 1.29 is 14.3 Å². The maximum absolute atomic E-state index is 12.4. The molecule has 0 N–H and O–H groups in total. The van der Waals surface area contributed by atoms with Crippen LogP contribution in [0.5, 0.6) is 0 Å². The zero-order valence-corrected chi connectivity index (χ0v) is 13.6. The van der Waals surface area contributed by atoms with Crippen LogP contribution in [0.15, 0.2) is 0 Å². The first kappa shape index (κ1) is 17.5. The summed E-state index contributed by atoms with van der Waals surface area (Å²) in [6.45, 7) is 4.72. The summed E-state index contributed by atoms with van der Waals surface area (Å²) >= 11 is 0. The standard InChI is InChI=1S/C17H32O3/c1-4-6-8-11-15(19-3)14-20-16(18)17(5-2)12-9-7-10-13-17/h15H,4-14H2,1-3H3. The molecule has 1 aliphatic carbocycles. The maximum Gasteiger partial charge on any atom is 0.312 e. The molecule has 0 aromatic rings. The monoisotopic (exact) mass is 284 g/mol. The van der Waals surface area contributed by atoms with Crippen molar-refractivity contribution >= 4 is 5.97 Å². The molecule has 1 fully saturated rings. The first-order valence-corrected chi connectivity index (χ1v) is 8.38. The third-order valence-electron chi connectivity index (χ3n) is 4.78. The van der Waals surface area contributed by atoms with Gasteiger partial charge in [-0.05, 0) is 25.7 Å². The lowest BCUT2D eigenvalue weighted by atomic mass is 9.72. The van der Waals surface area contributed by atoms with Gasteiger partial charge in [0.2, 0.25) is 0 Å². The van der Waals surface area contributed by atoms with Gasteiger partial charge in [0, 0.05) is 7.11 Å². The molecule has 0 heterocycles. The van der Waals surface area contributed by atoms with Crippen molar-refractivity contribution in [1.82, 2.24) is 0 Å². The van der Waals surface area contributed by atoms with Gasteiger partial charge in [-0.3, -0.25) is 4.79 Å². The lowest BCUT2D eigenvalue weighted by molar-refractivity contribution is -0.162. The molecule has 0 aromatic heterocycles. The molecule has 3 nitrogen and oxygen atoms in total. The highest BCUT2D eigenvalue weighted by Crippen LogP contribution is 2.40. The molecule has 1 saturated carbocycles. The van der Waals surface area contributed by atoms with Gasteiger partial charge in [0.15, 0.2) is 0 Å². The van der Waals surface area contributed by atoms with Crippen molar-refractivity contribution in [2.75, 3.05) is 13.7 Å². The fraction of sp³-hybridized carbons (Fsp3) is 0.941. The first-order valence-electron chi connectivity index (χ1n) is 8.38. The number of hydrogen-bond donors (Lipinski definition) is 0. The van der Waals surface area contributed by atoms with E-state index >= 15 is 0 Å². The summed E-state index contributed by atoms with van der Waals surface area (Å²) in [4.78, 5) is 12.4. The second-order valence-electron chi connectivity index (χ2n) is 6.15. The Hall–Kier alpha value is -0.570. The summed E-state index contributed by atoms with van der Waals surface area (Å²) in [5.41, 5.74) is -0.208. The molecule has 1 rings (SSSR count). The summed E-state index contributed by atoms with van der Waals surface area (Å²) in [5, 5.41) is 0. The smallest absolute Gasteiger partial charge is 0.312 e. The number of carbonyl (C=O) groups excluding carboxylic acids is 1. The van der Waals surface area contributed by atoms with Gasteiger partial charge in [-0.1, -0.05) is 52.4 Å². The van der Waals surface area contributed by atoms with Crippen molar-refractivity contribution in [1.29, 1.82) is 0 Å². The Labute approximate surface area is 124 Å². The van der Waals surface area contributed by atoms with E-state index < -0.39 is 0 Å². The van der Waals surface area contributed by atoms with E-state index in [-0.39, 0.29) is 17.5 Å². The van der Waals surface area contributed by atoms with Gasteiger partial charge in [-0.25, -0.2) is 0 Å². The van der Waals surface area contributed by atoms with E-state index in [0.717, 1.165) is 44.9 Å². The molecular weight excluding hydrogens is 252 g/mol. The second-order valence-corrected chi connectivity index (χ2v) is 6.15. The molecule has 20 heavy (non-hydrogen) atoms. The van der Waals surface area contributed by atoms with Crippen LogP contribution in [0.1, 0.15) is 78.1 Å². The van der Waals surface area contributed by atoms with Gasteiger partial charge in [0.1, 0.15) is 6.61 Å². The van der Waals surface area contributed by atoms with Crippen LogP contribution in [-0.2, 0) is 14.3 Å². The Morgan fingerprint density at radius 3 is 2.40 bits per heavy atom. The highest BCUT2D eigenvalue weighted by Gasteiger charge is 2.39. The van der Waals surface area contributed by atoms with Gasteiger partial charge in [0.25, 0.3) is 0 Å². The second kappa shape index (κ2) is 9.38. The zero-order chi connectivity index (χ0) is 14.8. The van der Waals surface area contributed by atoms with Crippen molar-refractivity contribution in [3.05, 3.63) is 0 Å². The van der Waals surface area contributed by atoms with Crippen molar-refractivity contribution in [2.45, 2.75) is 84.2 Å². The average Bonchev–Trinajstić information content (AvgIpc) is 2.51. The van der Waals surface area contributed by atoms with E-state index in [4.69, 9.17) is 9.47 Å². The Morgan fingerprint density at radius 2 is 1.85 bits per heavy atom. The largest absolute Gasteiger partial charge is 0.463 e. The van der Waals surface area contributed by atoms with Crippen LogP contribution in [0.4, 0.5) is 0 Å². The molecule has 3 heteroatoms. The molecular formula is C17H32O3. The quantitative estimate of drug-likeness (QED) is 0.462. The minimum Gasteiger partial charge on any atom is -0.463 e. The van der Waals surface area contributed by atoms with E-state index in [1.165, 1.54) is 19.3 Å². The minimum absolute atomic E-state index is 0.0113. The van der Waals surface area contributed by atoms with Gasteiger partial charge in [0.05, 0.1) is 11.5 Å². The van der Waals surface area contributed by atoms with Crippen molar-refractivity contribution in [2.24, 2.45) is 5.41 Å². The molecule has 0 bridgehead atoms. The normalized spacial score (nSPS) is 19.6. The fourth-order valence-electron chi connectivity index (χ4n) is 3.14. The first-order chi connectivity index (χ1) is 9.68. The van der Waals surface area contributed by atoms with Crippen LogP contribution < -0.4 is 0 Å². The SMILES string of the molecule is CCCCCC(COC(=O)C1(CC)CCCCC1)OC. The third kappa shape index (κ3) is 5.08. The number of carbonyl (C=O) groups is 1. The minimum atomic E-state index is -0.208. The van der Waals surface area contributed by atoms with Crippen LogP contribution in [0, 0.1) is 5.41 Å². The molecule has 118 valence electrons. The molecule has 0 aromatic carbocycles. The summed E-state index contributed by atoms with van der Waals surface area (Å²) in [6, 6.07) is 0. The number of hydrogen-bond acceptors (Lipinski definition) is 3. The van der Waals surface area contributed by atoms with Crippen LogP contribution >= 0.6 is 0 Å². The molecule has 0 amide bonds. The summed E-state index contributed by atoms with van der Waals surface area (Å²) in [5.74, 6) is 0.0113. The van der Waals surface area contributed by atoms with Crippen LogP contribution in [-0.4, -0.2) is 25.8 Å². The van der Waals surface area contributed by atoms with E-state index in [0.29, 0.717) is 6.61 Å². The van der Waals surface area contributed by atoms with E-state index in [9.17, 15) is 4.79 Å². The highest BCUT2D eigenvalue weighted by atomic mass is 16.6. The van der Waals surface area contributed by atoms with Crippen LogP contribution in [0.2, 0.25) is 0 Å². The van der Waals surface area contributed by atoms with E-state index in [1.807, 2.05) is 0 Å². The molecule has 0 aliphatic heterocycles. The fourth-order valence-corrected chi connectivity index (χ4v) is 3.14. The molecule has 0 spiro atoms. The zero-order valence-electron chi connectivity index (χ0n) is 13.6. The summed E-state index contributed by atoms with van der Waals surface area (Å²) in [7, 11) is 1.71. The Kier molecular flexibility index (Phi) is 8.20. The summed E-state index contributed by atoms with van der Waals surface area (Å²) < 4.78 is 11.0. The predicted molar refractivity (Wildman–Crippen MR) is 81.7 cm³/mol.